The van der Waals surface area contributed by atoms with Gasteiger partial charge in [0.15, 0.2) is 5.82 Å². The van der Waals surface area contributed by atoms with Gasteiger partial charge in [0.2, 0.25) is 5.88 Å². The average Bonchev–Trinajstić information content (AvgIpc) is 3.31. The van der Waals surface area contributed by atoms with Crippen LogP contribution < -0.4 is 4.74 Å². The van der Waals surface area contributed by atoms with Gasteiger partial charge in [-0.15, -0.1) is 0 Å². The molecule has 0 spiro atoms. The maximum Gasteiger partial charge on any atom is 0.220 e. The largest absolute Gasteiger partial charge is 0.506 e. The summed E-state index contributed by atoms with van der Waals surface area (Å²) in [5, 5.41) is 14.0. The molecule has 0 aliphatic heterocycles. The van der Waals surface area contributed by atoms with E-state index in [1.807, 2.05) is 30.6 Å². The number of pyridine rings is 1. The molecular formula is C35H36N4O2. The van der Waals surface area contributed by atoms with Crippen molar-refractivity contribution in [1.82, 2.24) is 19.5 Å². The maximum absolute atomic E-state index is 10.6. The van der Waals surface area contributed by atoms with Gasteiger partial charge in [-0.05, 0) is 53.5 Å². The quantitative estimate of drug-likeness (QED) is 0.217. The van der Waals surface area contributed by atoms with E-state index in [1.165, 1.54) is 21.9 Å². The number of aromatic nitrogens is 4. The van der Waals surface area contributed by atoms with Crippen LogP contribution in [0.2, 0.25) is 0 Å². The highest BCUT2D eigenvalue weighted by Gasteiger charge is 2.21. The number of hydrogen-bond acceptors (Lipinski definition) is 5. The van der Waals surface area contributed by atoms with Crippen LogP contribution in [0.5, 0.6) is 17.4 Å². The van der Waals surface area contributed by atoms with Crippen LogP contribution in [0.25, 0.3) is 38.5 Å². The van der Waals surface area contributed by atoms with E-state index in [9.17, 15) is 5.11 Å². The van der Waals surface area contributed by atoms with Crippen molar-refractivity contribution in [3.63, 3.8) is 0 Å². The zero-order valence-electron chi connectivity index (χ0n) is 24.6. The normalized spacial score (nSPS) is 11.9. The summed E-state index contributed by atoms with van der Waals surface area (Å²) in [6.07, 6.45) is 5.32. The van der Waals surface area contributed by atoms with E-state index in [4.69, 9.17) is 14.7 Å². The Morgan fingerprint density at radius 1 is 0.829 bits per heavy atom. The molecule has 6 aromatic rings. The molecule has 3 aromatic heterocycles. The third-order valence-electron chi connectivity index (χ3n) is 7.91. The van der Waals surface area contributed by atoms with E-state index >= 15 is 0 Å². The first-order chi connectivity index (χ1) is 19.8. The molecule has 6 rings (SSSR count). The van der Waals surface area contributed by atoms with Gasteiger partial charge in [-0.25, -0.2) is 9.97 Å². The van der Waals surface area contributed by atoms with Crippen LogP contribution in [0.4, 0.5) is 0 Å². The number of benzene rings is 3. The summed E-state index contributed by atoms with van der Waals surface area (Å²) in [5.74, 6) is 2.67. The molecule has 1 N–H and O–H groups in total. The molecule has 0 saturated heterocycles. The number of fused-ring (bicyclic) bond motifs is 4. The van der Waals surface area contributed by atoms with Gasteiger partial charge >= 0.3 is 0 Å². The number of rotatable bonds is 7. The summed E-state index contributed by atoms with van der Waals surface area (Å²) in [5.41, 5.74) is 7.21. The summed E-state index contributed by atoms with van der Waals surface area (Å²) in [4.78, 5) is 14.3. The molecule has 0 radical (unpaired) electrons. The Morgan fingerprint density at radius 3 is 2.32 bits per heavy atom. The zero-order chi connectivity index (χ0) is 28.8. The number of aryl methyl sites for hydroxylation is 2. The number of para-hydroxylation sites is 2. The van der Waals surface area contributed by atoms with Crippen molar-refractivity contribution in [3.05, 3.63) is 89.4 Å². The lowest BCUT2D eigenvalue weighted by atomic mass is 9.98. The zero-order valence-corrected chi connectivity index (χ0v) is 24.6. The molecule has 0 bridgehead atoms. The second-order valence-corrected chi connectivity index (χ2v) is 11.3. The Hall–Kier alpha value is -4.45. The molecule has 0 unspecified atom stereocenters. The lowest BCUT2D eigenvalue weighted by Gasteiger charge is -2.15. The molecule has 6 nitrogen and oxygen atoms in total. The molecule has 0 aliphatic rings. The second kappa shape index (κ2) is 10.5. The topological polar surface area (TPSA) is 73.1 Å². The lowest BCUT2D eigenvalue weighted by molar-refractivity contribution is 0.459. The second-order valence-electron chi connectivity index (χ2n) is 11.3. The Kier molecular flexibility index (Phi) is 6.86. The van der Waals surface area contributed by atoms with E-state index in [0.717, 1.165) is 46.3 Å². The van der Waals surface area contributed by atoms with E-state index in [-0.39, 0.29) is 11.7 Å². The standard InChI is InChI=1S/C35H36N4O2/c1-7-22-15-24(41-32-17-28(21(5)6)26-12-10-14-30(40)34(26)38-32)16-29-33(22)27-13-9-11-25(20(3)4)35(27)39(29)31-19-36-18-23(8-2)37-31/h9-21,40H,7-8H2,1-6H3. The molecule has 0 aliphatic carbocycles. The predicted molar refractivity (Wildman–Crippen MR) is 167 cm³/mol. The smallest absolute Gasteiger partial charge is 0.220 e. The predicted octanol–water partition coefficient (Wildman–Crippen LogP) is 8.99. The summed E-state index contributed by atoms with van der Waals surface area (Å²) in [6, 6.07) is 18.3. The third-order valence-corrected chi connectivity index (χ3v) is 7.91. The van der Waals surface area contributed by atoms with Crippen molar-refractivity contribution in [2.24, 2.45) is 0 Å². The Morgan fingerprint density at radius 2 is 1.59 bits per heavy atom. The molecule has 208 valence electrons. The average molecular weight is 545 g/mol. The molecule has 41 heavy (non-hydrogen) atoms. The van der Waals surface area contributed by atoms with Gasteiger partial charge in [0.1, 0.15) is 17.0 Å². The van der Waals surface area contributed by atoms with Crippen LogP contribution in [-0.2, 0) is 12.8 Å². The van der Waals surface area contributed by atoms with E-state index in [0.29, 0.717) is 23.1 Å². The number of phenolic OH excluding ortho intramolecular Hbond substituents is 1. The van der Waals surface area contributed by atoms with E-state index < -0.39 is 0 Å². The van der Waals surface area contributed by atoms with Crippen LogP contribution in [0.3, 0.4) is 0 Å². The summed E-state index contributed by atoms with van der Waals surface area (Å²) < 4.78 is 8.77. The fourth-order valence-electron chi connectivity index (χ4n) is 5.88. The molecular weight excluding hydrogens is 508 g/mol. The van der Waals surface area contributed by atoms with Crippen molar-refractivity contribution in [3.8, 4) is 23.2 Å². The van der Waals surface area contributed by atoms with Crippen LogP contribution in [0.1, 0.15) is 75.8 Å². The van der Waals surface area contributed by atoms with Gasteiger partial charge in [-0.1, -0.05) is 71.9 Å². The number of hydrogen-bond donors (Lipinski definition) is 1. The van der Waals surface area contributed by atoms with Crippen molar-refractivity contribution in [1.29, 1.82) is 0 Å². The van der Waals surface area contributed by atoms with Crippen molar-refractivity contribution in [2.75, 3.05) is 0 Å². The minimum atomic E-state index is 0.148. The molecule has 0 fully saturated rings. The molecule has 3 heterocycles. The highest BCUT2D eigenvalue weighted by atomic mass is 16.5. The Bertz CT molecular complexity index is 1920. The molecule has 0 saturated carbocycles. The first-order valence-electron chi connectivity index (χ1n) is 14.5. The number of ether oxygens (including phenoxy) is 1. The van der Waals surface area contributed by atoms with Gasteiger partial charge in [0.05, 0.1) is 22.9 Å². The van der Waals surface area contributed by atoms with Crippen LogP contribution in [-0.4, -0.2) is 24.6 Å². The highest BCUT2D eigenvalue weighted by molar-refractivity contribution is 6.12. The van der Waals surface area contributed by atoms with Crippen LogP contribution in [0.15, 0.2) is 67.0 Å². The first-order valence-corrected chi connectivity index (χ1v) is 14.5. The van der Waals surface area contributed by atoms with Gasteiger partial charge in [0, 0.05) is 34.5 Å². The molecule has 3 aromatic carbocycles. The fourth-order valence-corrected chi connectivity index (χ4v) is 5.88. The van der Waals surface area contributed by atoms with Gasteiger partial charge in [-0.2, -0.15) is 0 Å². The van der Waals surface area contributed by atoms with E-state index in [2.05, 4.69) is 81.4 Å². The van der Waals surface area contributed by atoms with Crippen molar-refractivity contribution in [2.45, 2.75) is 66.2 Å². The minimum absolute atomic E-state index is 0.148. The van der Waals surface area contributed by atoms with E-state index in [1.54, 1.807) is 6.07 Å². The highest BCUT2D eigenvalue weighted by Crippen LogP contribution is 2.41. The summed E-state index contributed by atoms with van der Waals surface area (Å²) >= 11 is 0. The Balaban J connectivity index is 1.63. The fraction of sp³-hybridized carbons (Fsp3) is 0.286. The van der Waals surface area contributed by atoms with Gasteiger partial charge < -0.3 is 9.84 Å². The molecule has 0 amide bonds. The molecule has 6 heteroatoms. The summed E-state index contributed by atoms with van der Waals surface area (Å²) in [7, 11) is 0. The van der Waals surface area contributed by atoms with Gasteiger partial charge in [-0.3, -0.25) is 9.55 Å². The molecule has 0 atom stereocenters. The minimum Gasteiger partial charge on any atom is -0.506 e. The van der Waals surface area contributed by atoms with Gasteiger partial charge in [0.25, 0.3) is 0 Å². The Labute approximate surface area is 240 Å². The van der Waals surface area contributed by atoms with Crippen LogP contribution in [0, 0.1) is 0 Å². The number of nitrogens with zero attached hydrogens (tertiary/aromatic N) is 4. The lowest BCUT2D eigenvalue weighted by Crippen LogP contribution is -2.03. The summed E-state index contributed by atoms with van der Waals surface area (Å²) in [6.45, 7) is 13.0. The van der Waals surface area contributed by atoms with Crippen LogP contribution >= 0.6 is 0 Å². The number of aromatic hydroxyl groups is 1. The SMILES string of the molecule is CCc1cncc(-n2c3cc(Oc4cc(C(C)C)c5cccc(O)c5n4)cc(CC)c3c3cccc(C(C)C)c32)n1. The monoisotopic (exact) mass is 544 g/mol. The maximum atomic E-state index is 10.6. The van der Waals surface area contributed by atoms with Crippen molar-refractivity contribution < 1.29 is 9.84 Å². The third kappa shape index (κ3) is 4.57. The van der Waals surface area contributed by atoms with Crippen molar-refractivity contribution >= 4 is 32.7 Å². The first kappa shape index (κ1) is 26.8. The number of phenols is 1.